The Morgan fingerprint density at radius 3 is 2.50 bits per heavy atom. The smallest absolute Gasteiger partial charge is 0.327 e. The summed E-state index contributed by atoms with van der Waals surface area (Å²) >= 11 is 6.02. The molecule has 1 aliphatic carbocycles. The number of rotatable bonds is 3. The van der Waals surface area contributed by atoms with Crippen LogP contribution in [0.1, 0.15) is 31.2 Å². The maximum absolute atomic E-state index is 12.6. The van der Waals surface area contributed by atoms with Crippen LogP contribution in [0.25, 0.3) is 0 Å². The van der Waals surface area contributed by atoms with Crippen LogP contribution in [0.3, 0.4) is 0 Å². The number of nitrogens with two attached hydrogens (primary N) is 1. The van der Waals surface area contributed by atoms with Crippen molar-refractivity contribution in [2.24, 2.45) is 17.6 Å². The zero-order chi connectivity index (χ0) is 14.8. The third kappa shape index (κ3) is 3.85. The molecule has 0 amide bonds. The molecular weight excluding hydrogens is 289 g/mol. The third-order valence-electron chi connectivity index (χ3n) is 4.15. The molecule has 1 aliphatic rings. The Balaban J connectivity index is 1.89. The van der Waals surface area contributed by atoms with E-state index in [0.717, 1.165) is 5.56 Å². The monoisotopic (exact) mass is 306 g/mol. The van der Waals surface area contributed by atoms with E-state index in [1.165, 1.54) is 0 Å². The molecule has 0 aliphatic heterocycles. The van der Waals surface area contributed by atoms with E-state index in [-0.39, 0.29) is 24.8 Å². The van der Waals surface area contributed by atoms with Crippen LogP contribution in [0.4, 0.5) is 13.2 Å². The molecule has 0 saturated heterocycles. The average molecular weight is 307 g/mol. The van der Waals surface area contributed by atoms with Crippen LogP contribution in [0.2, 0.25) is 5.02 Å². The number of halogens is 4. The molecular formula is C14H18ClF3N2. The fourth-order valence-corrected chi connectivity index (χ4v) is 3.06. The largest absolute Gasteiger partial charge is 0.391 e. The number of aromatic nitrogens is 1. The highest BCUT2D eigenvalue weighted by molar-refractivity contribution is 6.31. The van der Waals surface area contributed by atoms with Crippen LogP contribution in [0.15, 0.2) is 18.5 Å². The topological polar surface area (TPSA) is 38.9 Å². The highest BCUT2D eigenvalue weighted by atomic mass is 35.5. The molecule has 1 unspecified atom stereocenters. The quantitative estimate of drug-likeness (QED) is 0.917. The van der Waals surface area contributed by atoms with Crippen LogP contribution in [0.5, 0.6) is 0 Å². The minimum Gasteiger partial charge on any atom is -0.327 e. The summed E-state index contributed by atoms with van der Waals surface area (Å²) < 4.78 is 37.8. The molecule has 0 spiro atoms. The summed E-state index contributed by atoms with van der Waals surface area (Å²) in [5.41, 5.74) is 7.05. The van der Waals surface area contributed by atoms with Crippen molar-refractivity contribution < 1.29 is 13.2 Å². The Morgan fingerprint density at radius 2 is 1.95 bits per heavy atom. The lowest BCUT2D eigenvalue weighted by Crippen LogP contribution is -2.37. The molecule has 2 rings (SSSR count). The van der Waals surface area contributed by atoms with Crippen molar-refractivity contribution in [2.75, 3.05) is 0 Å². The Morgan fingerprint density at radius 1 is 1.30 bits per heavy atom. The molecule has 1 saturated carbocycles. The molecule has 0 radical (unpaired) electrons. The first-order valence-electron chi connectivity index (χ1n) is 6.78. The molecule has 1 fully saturated rings. The second-order valence-corrected chi connectivity index (χ2v) is 5.90. The normalized spacial score (nSPS) is 25.4. The first-order chi connectivity index (χ1) is 9.38. The summed E-state index contributed by atoms with van der Waals surface area (Å²) in [5, 5.41) is 0.562. The summed E-state index contributed by atoms with van der Waals surface area (Å²) in [5.74, 6) is -1.02. The molecule has 1 heterocycles. The van der Waals surface area contributed by atoms with E-state index in [9.17, 15) is 13.2 Å². The van der Waals surface area contributed by atoms with Crippen molar-refractivity contribution in [3.8, 4) is 0 Å². The molecule has 1 atom stereocenters. The van der Waals surface area contributed by atoms with Crippen molar-refractivity contribution in [3.05, 3.63) is 29.0 Å². The fourth-order valence-electron chi connectivity index (χ4n) is 2.86. The van der Waals surface area contributed by atoms with Gasteiger partial charge >= 0.3 is 6.18 Å². The van der Waals surface area contributed by atoms with Gasteiger partial charge < -0.3 is 5.73 Å². The van der Waals surface area contributed by atoms with E-state index in [1.807, 2.05) is 6.07 Å². The Hall–Kier alpha value is -0.810. The van der Waals surface area contributed by atoms with Gasteiger partial charge in [-0.15, -0.1) is 0 Å². The lowest BCUT2D eigenvalue weighted by Gasteiger charge is -2.33. The Labute approximate surface area is 121 Å². The van der Waals surface area contributed by atoms with Crippen molar-refractivity contribution in [3.63, 3.8) is 0 Å². The molecule has 1 aromatic heterocycles. The van der Waals surface area contributed by atoms with E-state index < -0.39 is 12.1 Å². The Bertz CT molecular complexity index is 442. The van der Waals surface area contributed by atoms with Crippen LogP contribution in [-0.4, -0.2) is 17.2 Å². The lowest BCUT2D eigenvalue weighted by atomic mass is 9.77. The van der Waals surface area contributed by atoms with E-state index in [1.54, 1.807) is 12.4 Å². The van der Waals surface area contributed by atoms with Crippen LogP contribution < -0.4 is 5.73 Å². The van der Waals surface area contributed by atoms with Crippen molar-refractivity contribution >= 4 is 11.6 Å². The van der Waals surface area contributed by atoms with Gasteiger partial charge in [0.25, 0.3) is 0 Å². The predicted molar refractivity (Wildman–Crippen MR) is 72.4 cm³/mol. The zero-order valence-electron chi connectivity index (χ0n) is 11.0. The second-order valence-electron chi connectivity index (χ2n) is 5.49. The van der Waals surface area contributed by atoms with E-state index in [2.05, 4.69) is 4.98 Å². The zero-order valence-corrected chi connectivity index (χ0v) is 11.8. The van der Waals surface area contributed by atoms with Crippen molar-refractivity contribution in [2.45, 2.75) is 44.3 Å². The highest BCUT2D eigenvalue weighted by Gasteiger charge is 2.42. The van der Waals surface area contributed by atoms with Gasteiger partial charge in [-0.25, -0.2) is 0 Å². The standard InChI is InChI=1S/C14H18ClF3N2/c15-12-8-20-6-5-10(12)7-13(19)9-1-3-11(4-2-9)14(16,17)18/h5-6,8-9,11,13H,1-4,7,19H2. The first kappa shape index (κ1) is 15.6. The fraction of sp³-hybridized carbons (Fsp3) is 0.643. The molecule has 0 aromatic carbocycles. The maximum Gasteiger partial charge on any atom is 0.391 e. The van der Waals surface area contributed by atoms with Gasteiger partial charge in [-0.1, -0.05) is 11.6 Å². The predicted octanol–water partition coefficient (Wildman–Crippen LogP) is 3.97. The SMILES string of the molecule is NC(Cc1ccncc1Cl)C1CCC(C(F)(F)F)CC1. The van der Waals surface area contributed by atoms with Crippen molar-refractivity contribution in [1.29, 1.82) is 0 Å². The molecule has 6 heteroatoms. The molecule has 2 nitrogen and oxygen atoms in total. The van der Waals surface area contributed by atoms with Crippen LogP contribution in [0, 0.1) is 11.8 Å². The van der Waals surface area contributed by atoms with Gasteiger partial charge in [0.05, 0.1) is 10.9 Å². The number of nitrogens with zero attached hydrogens (tertiary/aromatic N) is 1. The van der Waals surface area contributed by atoms with Gasteiger partial charge in [0.15, 0.2) is 0 Å². The van der Waals surface area contributed by atoms with Gasteiger partial charge in [0.2, 0.25) is 0 Å². The van der Waals surface area contributed by atoms with E-state index in [4.69, 9.17) is 17.3 Å². The molecule has 1 aromatic rings. The number of hydrogen-bond acceptors (Lipinski definition) is 2. The van der Waals surface area contributed by atoms with Gasteiger partial charge in [0, 0.05) is 18.4 Å². The minimum atomic E-state index is -4.07. The van der Waals surface area contributed by atoms with Gasteiger partial charge in [-0.2, -0.15) is 13.2 Å². The van der Waals surface area contributed by atoms with Crippen LogP contribution >= 0.6 is 11.6 Å². The van der Waals surface area contributed by atoms with Crippen molar-refractivity contribution in [1.82, 2.24) is 4.98 Å². The molecule has 112 valence electrons. The maximum atomic E-state index is 12.6. The van der Waals surface area contributed by atoms with Gasteiger partial charge in [-0.05, 0) is 49.7 Å². The number of alkyl halides is 3. The summed E-state index contributed by atoms with van der Waals surface area (Å²) in [6.45, 7) is 0. The highest BCUT2D eigenvalue weighted by Crippen LogP contribution is 2.40. The second kappa shape index (κ2) is 6.31. The number of pyridine rings is 1. The summed E-state index contributed by atoms with van der Waals surface area (Å²) in [7, 11) is 0. The number of hydrogen-bond donors (Lipinski definition) is 1. The Kier molecular flexibility index (Phi) is 4.91. The van der Waals surface area contributed by atoms with E-state index >= 15 is 0 Å². The molecule has 2 N–H and O–H groups in total. The van der Waals surface area contributed by atoms with Gasteiger partial charge in [-0.3, -0.25) is 4.98 Å². The van der Waals surface area contributed by atoms with Crippen LogP contribution in [-0.2, 0) is 6.42 Å². The summed E-state index contributed by atoms with van der Waals surface area (Å²) in [6, 6.07) is 1.66. The molecule has 20 heavy (non-hydrogen) atoms. The summed E-state index contributed by atoms with van der Waals surface area (Å²) in [4.78, 5) is 3.90. The van der Waals surface area contributed by atoms with Gasteiger partial charge in [0.1, 0.15) is 0 Å². The lowest BCUT2D eigenvalue weighted by molar-refractivity contribution is -0.184. The third-order valence-corrected chi connectivity index (χ3v) is 4.49. The first-order valence-corrected chi connectivity index (χ1v) is 7.16. The summed E-state index contributed by atoms with van der Waals surface area (Å²) in [6.07, 6.45) is 1.17. The minimum absolute atomic E-state index is 0.137. The molecule has 0 bridgehead atoms. The van der Waals surface area contributed by atoms with E-state index in [0.29, 0.717) is 24.3 Å². The average Bonchev–Trinajstić information content (AvgIpc) is 2.40.